The number of allylic oxidation sites excluding steroid dienone is 1. The minimum atomic E-state index is -1.69. The second kappa shape index (κ2) is 12.8. The largest absolute Gasteiger partial charge is 0.545 e. The van der Waals surface area contributed by atoms with Crippen molar-refractivity contribution in [1.29, 1.82) is 0 Å². The summed E-state index contributed by atoms with van der Waals surface area (Å²) in [5, 5.41) is 59.4. The minimum absolute atomic E-state index is 0.0509. The number of guanidine groups is 1. The first-order chi connectivity index (χ1) is 21.6. The van der Waals surface area contributed by atoms with Gasteiger partial charge in [-0.1, -0.05) is 12.5 Å². The van der Waals surface area contributed by atoms with Gasteiger partial charge in [0.05, 0.1) is 44.0 Å². The Kier molecular flexibility index (Phi) is 9.46. The highest BCUT2D eigenvalue weighted by molar-refractivity contribution is 5.90. The van der Waals surface area contributed by atoms with Crippen molar-refractivity contribution in [3.05, 3.63) is 11.1 Å². The molecule has 6 rings (SSSR count). The van der Waals surface area contributed by atoms with E-state index in [1.807, 2.05) is 0 Å². The fraction of sp³-hybridized carbons (Fsp3) is 0.882. The van der Waals surface area contributed by atoms with Crippen molar-refractivity contribution >= 4 is 11.9 Å². The number of aliphatic imine (C=N–C) groups is 1. The van der Waals surface area contributed by atoms with Gasteiger partial charge >= 0.3 is 0 Å². The molecule has 0 amide bonds. The van der Waals surface area contributed by atoms with Crippen molar-refractivity contribution in [1.82, 2.24) is 5.32 Å². The second-order valence-corrected chi connectivity index (χ2v) is 15.4. The molecule has 2 aliphatic heterocycles. The fourth-order valence-corrected chi connectivity index (χ4v) is 11.8. The van der Waals surface area contributed by atoms with Crippen molar-refractivity contribution in [2.45, 2.75) is 101 Å². The number of aliphatic hydroxyl groups excluding tert-OH is 3. The van der Waals surface area contributed by atoms with E-state index in [1.54, 1.807) is 7.05 Å². The number of carbonyl (C=O) groups is 1. The zero-order chi connectivity index (χ0) is 32.1. The average Bonchev–Trinajstić information content (AvgIpc) is 3.38. The Hall–Kier alpha value is -1.60. The van der Waals surface area contributed by atoms with Gasteiger partial charge < -0.3 is 46.1 Å². The number of nitrogens with one attached hydrogen (secondary N) is 2. The third kappa shape index (κ3) is 5.11. The van der Waals surface area contributed by atoms with Crippen molar-refractivity contribution in [3.8, 4) is 0 Å². The van der Waals surface area contributed by atoms with Crippen LogP contribution in [0.25, 0.3) is 0 Å². The van der Waals surface area contributed by atoms with E-state index in [0.717, 1.165) is 62.1 Å². The van der Waals surface area contributed by atoms with Crippen LogP contribution in [0.2, 0.25) is 0 Å². The summed E-state index contributed by atoms with van der Waals surface area (Å²) in [6.45, 7) is 5.18. The van der Waals surface area contributed by atoms with Crippen molar-refractivity contribution < 1.29 is 40.0 Å². The number of hydrogen-bond acceptors (Lipinski definition) is 9. The molecule has 3 saturated carbocycles. The lowest BCUT2D eigenvalue weighted by Crippen LogP contribution is -3.19. The quantitative estimate of drug-likeness (QED) is 0.0925. The predicted molar refractivity (Wildman–Crippen MR) is 166 cm³/mol. The second-order valence-electron chi connectivity index (χ2n) is 15.4. The number of carboxylic acid groups (broad SMARTS) is 1. The van der Waals surface area contributed by atoms with Gasteiger partial charge in [0.25, 0.3) is 5.96 Å². The van der Waals surface area contributed by atoms with Crippen molar-refractivity contribution in [3.63, 3.8) is 0 Å². The Balaban J connectivity index is 1.38. The molecule has 2 heterocycles. The number of quaternary nitrogens is 1. The molecular weight excluding hydrogens is 576 g/mol. The third-order valence-corrected chi connectivity index (χ3v) is 13.7. The van der Waals surface area contributed by atoms with Gasteiger partial charge in [-0.25, -0.2) is 4.99 Å². The maximum Gasteiger partial charge on any atom is 0.293 e. The van der Waals surface area contributed by atoms with Crippen LogP contribution < -0.4 is 21.1 Å². The van der Waals surface area contributed by atoms with E-state index in [1.165, 1.54) is 0 Å². The van der Waals surface area contributed by atoms with E-state index in [9.17, 15) is 30.3 Å². The van der Waals surface area contributed by atoms with Crippen LogP contribution in [0.1, 0.15) is 77.6 Å². The first-order valence-corrected chi connectivity index (χ1v) is 17.6. The average molecular weight is 633 g/mol. The van der Waals surface area contributed by atoms with Crippen LogP contribution in [0.5, 0.6) is 0 Å². The number of nitrogens with zero attached hydrogens (tertiary/aromatic N) is 1. The van der Waals surface area contributed by atoms with Gasteiger partial charge in [0, 0.05) is 49.4 Å². The Labute approximate surface area is 267 Å². The summed E-state index contributed by atoms with van der Waals surface area (Å²) in [4.78, 5) is 18.7. The SMILES string of the molecule is CN=C(N)[NH+]1CC[C@H](CNCCO)[C@@]2(C1)[C@@H]1CC[C@@H](C)[C@]23C[C@](O)([C@@H]2CC[C@@H]4C[C@H](CCCO)[C@@H](O)C[C@@H]4O2)C(C(=O)[O-])=C3C1. The van der Waals surface area contributed by atoms with E-state index in [4.69, 9.17) is 10.5 Å². The summed E-state index contributed by atoms with van der Waals surface area (Å²) >= 11 is 0. The van der Waals surface area contributed by atoms with Crippen LogP contribution in [-0.2, 0) is 9.53 Å². The van der Waals surface area contributed by atoms with Crippen LogP contribution in [-0.4, -0.2) is 103 Å². The highest BCUT2D eigenvalue weighted by atomic mass is 16.5. The highest BCUT2D eigenvalue weighted by Gasteiger charge is 2.76. The molecule has 4 aliphatic carbocycles. The van der Waals surface area contributed by atoms with Crippen LogP contribution in [0, 0.1) is 40.4 Å². The van der Waals surface area contributed by atoms with E-state index >= 15 is 0 Å². The number of aliphatic hydroxyl groups is 4. The van der Waals surface area contributed by atoms with Crippen molar-refractivity contribution in [2.24, 2.45) is 51.1 Å². The molecule has 45 heavy (non-hydrogen) atoms. The molecule has 6 aliphatic rings. The number of likely N-dealkylation sites (tertiary alicyclic amines) is 1. The lowest BCUT2D eigenvalue weighted by Gasteiger charge is -2.61. The summed E-state index contributed by atoms with van der Waals surface area (Å²) in [6.07, 6.45) is 6.40. The van der Waals surface area contributed by atoms with Crippen LogP contribution in [0.15, 0.2) is 16.1 Å². The maximum absolute atomic E-state index is 13.2. The minimum Gasteiger partial charge on any atom is -0.545 e. The number of ether oxygens (including phenoxy) is 1. The molecule has 8 N–H and O–H groups in total. The monoisotopic (exact) mass is 632 g/mol. The summed E-state index contributed by atoms with van der Waals surface area (Å²) in [6, 6.07) is 0. The number of carbonyl (C=O) groups excluding carboxylic acids is 1. The number of hydrogen-bond donors (Lipinski definition) is 7. The Morgan fingerprint density at radius 2 is 1.98 bits per heavy atom. The molecule has 0 aromatic carbocycles. The van der Waals surface area contributed by atoms with Crippen molar-refractivity contribution in [2.75, 3.05) is 46.4 Å². The number of aliphatic carboxylic acids is 1. The molecule has 2 saturated heterocycles. The predicted octanol–water partition coefficient (Wildman–Crippen LogP) is -1.27. The molecule has 12 atom stereocenters. The molecule has 11 heteroatoms. The normalized spacial score (nSPS) is 46.4. The first-order valence-electron chi connectivity index (χ1n) is 17.6. The molecule has 1 unspecified atom stereocenters. The standard InChI is InChI=1S/C34H56N4O7/c1-20-5-7-23-15-25-29(30(42)43)34(44,28-8-6-22-14-21(4-3-12-39)26(41)16-27(22)45-28)18-32(20,25)33(23)19-38(31(35)36-2)11-9-24(33)17-37-10-13-40/h20-24,26-28,37,39-41,44H,3-19H2,1-2H3,(H2,35,36)(H,42,43)/t20-,21+,22-,23-,24-,26+,27+,28+,32+,33-,34+/m1/s1. The molecule has 254 valence electrons. The van der Waals surface area contributed by atoms with Crippen LogP contribution in [0.4, 0.5) is 0 Å². The summed E-state index contributed by atoms with van der Waals surface area (Å²) < 4.78 is 6.71. The van der Waals surface area contributed by atoms with E-state index < -0.39 is 29.2 Å². The Morgan fingerprint density at radius 3 is 2.69 bits per heavy atom. The Bertz CT molecular complexity index is 1180. The van der Waals surface area contributed by atoms with Gasteiger partial charge in [-0.15, -0.1) is 0 Å². The van der Waals surface area contributed by atoms with Crippen LogP contribution >= 0.6 is 0 Å². The van der Waals surface area contributed by atoms with Crippen LogP contribution in [0.3, 0.4) is 0 Å². The fourth-order valence-electron chi connectivity index (χ4n) is 11.8. The number of fused-ring (bicyclic) bond motifs is 1. The van der Waals surface area contributed by atoms with Gasteiger partial charge in [0.2, 0.25) is 0 Å². The number of piperidine rings is 1. The van der Waals surface area contributed by atoms with E-state index in [2.05, 4.69) is 17.2 Å². The molecule has 2 bridgehead atoms. The molecule has 0 aromatic rings. The molecule has 11 nitrogen and oxygen atoms in total. The smallest absolute Gasteiger partial charge is 0.293 e. The summed E-state index contributed by atoms with van der Waals surface area (Å²) in [7, 11) is 1.72. The molecular formula is C34H56N4O7. The zero-order valence-electron chi connectivity index (χ0n) is 27.2. The summed E-state index contributed by atoms with van der Waals surface area (Å²) in [5.74, 6) is 0.265. The maximum atomic E-state index is 13.2. The van der Waals surface area contributed by atoms with Gasteiger partial charge in [-0.2, -0.15) is 0 Å². The first kappa shape index (κ1) is 33.3. The van der Waals surface area contributed by atoms with E-state index in [0.29, 0.717) is 51.2 Å². The van der Waals surface area contributed by atoms with Gasteiger partial charge in [0.1, 0.15) is 5.60 Å². The molecule has 2 spiro atoms. The van der Waals surface area contributed by atoms with E-state index in [-0.39, 0.29) is 59.9 Å². The number of rotatable bonds is 9. The third-order valence-electron chi connectivity index (χ3n) is 13.7. The lowest BCUT2D eigenvalue weighted by molar-refractivity contribution is -0.828. The number of carboxylic acids is 1. The number of nitrogens with two attached hydrogens (primary N) is 1. The molecule has 0 radical (unpaired) electrons. The summed E-state index contributed by atoms with van der Waals surface area (Å²) in [5.41, 5.74) is 4.87. The molecule has 0 aromatic heterocycles. The molecule has 5 fully saturated rings. The lowest BCUT2D eigenvalue weighted by atomic mass is 9.45. The van der Waals surface area contributed by atoms with Gasteiger partial charge in [-0.05, 0) is 93.9 Å². The topological polar surface area (TPSA) is 185 Å². The highest BCUT2D eigenvalue weighted by Crippen LogP contribution is 2.77. The van der Waals surface area contributed by atoms with Gasteiger partial charge in [0.15, 0.2) is 0 Å². The Morgan fingerprint density at radius 1 is 1.18 bits per heavy atom. The van der Waals surface area contributed by atoms with Gasteiger partial charge in [-0.3, -0.25) is 4.90 Å². The zero-order valence-corrected chi connectivity index (χ0v) is 27.2.